The number of aromatic amines is 1. The number of carbonyl (C=O) groups is 1. The molecule has 0 aromatic carbocycles. The van der Waals surface area contributed by atoms with Crippen LogP contribution in [0.15, 0.2) is 6.20 Å². The Kier molecular flexibility index (Phi) is 5.52. The second kappa shape index (κ2) is 6.93. The number of H-pyrrole nitrogens is 1. The highest BCUT2D eigenvalue weighted by Crippen LogP contribution is 2.08. The number of nitrogen functional groups attached to an aromatic ring is 1. The molecule has 1 aromatic rings. The van der Waals surface area contributed by atoms with Crippen molar-refractivity contribution in [3.8, 4) is 0 Å². The molecule has 0 radical (unpaired) electrons. The number of nitrogens with zero attached hydrogens (tertiary/aromatic N) is 1. The molecule has 0 spiro atoms. The molecule has 0 aliphatic rings. The lowest BCUT2D eigenvalue weighted by molar-refractivity contribution is 0.0939. The molecule has 5 nitrogen and oxygen atoms in total. The van der Waals surface area contributed by atoms with Crippen molar-refractivity contribution in [2.24, 2.45) is 0 Å². The Morgan fingerprint density at radius 3 is 2.88 bits per heavy atom. The monoisotopic (exact) mass is 238 g/mol. The Hall–Kier alpha value is -1.52. The van der Waals surface area contributed by atoms with Crippen LogP contribution in [-0.2, 0) is 0 Å². The summed E-state index contributed by atoms with van der Waals surface area (Å²) in [5, 5.41) is 9.20. The van der Waals surface area contributed by atoms with E-state index in [0.29, 0.717) is 11.4 Å². The fraction of sp³-hybridized carbons (Fsp3) is 0.667. The molecule has 0 aliphatic heterocycles. The van der Waals surface area contributed by atoms with Crippen LogP contribution in [0.2, 0.25) is 0 Å². The number of aromatic nitrogens is 2. The molecule has 5 heteroatoms. The number of nitrogens with two attached hydrogens (primary N) is 1. The molecule has 0 saturated carbocycles. The van der Waals surface area contributed by atoms with Gasteiger partial charge in [0.2, 0.25) is 0 Å². The summed E-state index contributed by atoms with van der Waals surface area (Å²) in [7, 11) is 0. The Labute approximate surface area is 102 Å². The number of anilines is 1. The van der Waals surface area contributed by atoms with E-state index in [4.69, 9.17) is 5.73 Å². The zero-order valence-corrected chi connectivity index (χ0v) is 10.6. The average Bonchev–Trinajstić information content (AvgIpc) is 2.71. The molecule has 1 amide bonds. The third kappa shape index (κ3) is 4.46. The largest absolute Gasteiger partial charge is 0.383 e. The summed E-state index contributed by atoms with van der Waals surface area (Å²) in [6.07, 6.45) is 7.32. The van der Waals surface area contributed by atoms with Crippen LogP contribution in [0.4, 0.5) is 5.82 Å². The quantitative estimate of drug-likeness (QED) is 0.636. The molecule has 1 unspecified atom stereocenters. The Balaban J connectivity index is 2.29. The standard InChI is InChI=1S/C12H22N4O/c1-3-4-5-6-7-9(2)15-12(17)10-8-14-16-11(10)13/h8-9H,3-7H2,1-2H3,(H,15,17)(H3,13,14,16). The van der Waals surface area contributed by atoms with Gasteiger partial charge in [-0.05, 0) is 13.3 Å². The molecule has 1 atom stereocenters. The van der Waals surface area contributed by atoms with Crippen molar-refractivity contribution in [3.63, 3.8) is 0 Å². The third-order valence-corrected chi connectivity index (χ3v) is 2.78. The first-order valence-corrected chi connectivity index (χ1v) is 6.24. The van der Waals surface area contributed by atoms with Gasteiger partial charge in [-0.15, -0.1) is 0 Å². The molecule has 0 bridgehead atoms. The normalized spacial score (nSPS) is 12.4. The first-order chi connectivity index (χ1) is 8.15. The predicted molar refractivity (Wildman–Crippen MR) is 68.7 cm³/mol. The number of nitrogens with one attached hydrogen (secondary N) is 2. The zero-order chi connectivity index (χ0) is 12.7. The highest BCUT2D eigenvalue weighted by Gasteiger charge is 2.13. The van der Waals surface area contributed by atoms with Crippen molar-refractivity contribution < 1.29 is 4.79 Å². The Morgan fingerprint density at radius 2 is 2.29 bits per heavy atom. The minimum Gasteiger partial charge on any atom is -0.383 e. The zero-order valence-electron chi connectivity index (χ0n) is 10.6. The van der Waals surface area contributed by atoms with Gasteiger partial charge in [-0.25, -0.2) is 0 Å². The summed E-state index contributed by atoms with van der Waals surface area (Å²) in [6, 6.07) is 0.175. The minimum absolute atomic E-state index is 0.153. The molecule has 0 aliphatic carbocycles. The van der Waals surface area contributed by atoms with Crippen LogP contribution in [-0.4, -0.2) is 22.1 Å². The maximum Gasteiger partial charge on any atom is 0.256 e. The van der Waals surface area contributed by atoms with Crippen LogP contribution in [0.3, 0.4) is 0 Å². The van der Waals surface area contributed by atoms with Crippen LogP contribution in [0.1, 0.15) is 56.3 Å². The van der Waals surface area contributed by atoms with Gasteiger partial charge in [-0.3, -0.25) is 9.89 Å². The van der Waals surface area contributed by atoms with Crippen molar-refractivity contribution in [1.29, 1.82) is 0 Å². The summed E-state index contributed by atoms with van der Waals surface area (Å²) >= 11 is 0. The summed E-state index contributed by atoms with van der Waals surface area (Å²) < 4.78 is 0. The molecular formula is C12H22N4O. The Bertz CT molecular complexity index is 348. The smallest absolute Gasteiger partial charge is 0.256 e. The Morgan fingerprint density at radius 1 is 1.53 bits per heavy atom. The molecule has 0 saturated heterocycles. The van der Waals surface area contributed by atoms with Crippen LogP contribution in [0, 0.1) is 0 Å². The van der Waals surface area contributed by atoms with E-state index in [1.165, 1.54) is 25.5 Å². The molecule has 0 fully saturated rings. The summed E-state index contributed by atoms with van der Waals surface area (Å²) in [5.41, 5.74) is 6.00. The van der Waals surface area contributed by atoms with Gasteiger partial charge in [-0.2, -0.15) is 5.10 Å². The molecule has 4 N–H and O–H groups in total. The van der Waals surface area contributed by atoms with E-state index < -0.39 is 0 Å². The molecule has 96 valence electrons. The molecule has 1 heterocycles. The van der Waals surface area contributed by atoms with E-state index in [2.05, 4.69) is 22.4 Å². The van der Waals surface area contributed by atoms with E-state index in [1.54, 1.807) is 0 Å². The van der Waals surface area contributed by atoms with Gasteiger partial charge >= 0.3 is 0 Å². The van der Waals surface area contributed by atoms with Gasteiger partial charge in [0.05, 0.1) is 6.20 Å². The van der Waals surface area contributed by atoms with Gasteiger partial charge in [0.15, 0.2) is 0 Å². The maximum atomic E-state index is 11.8. The SMILES string of the molecule is CCCCCCC(C)NC(=O)c1cn[nH]c1N. The van der Waals surface area contributed by atoms with E-state index in [9.17, 15) is 4.79 Å². The van der Waals surface area contributed by atoms with Gasteiger partial charge in [0.25, 0.3) is 5.91 Å². The number of hydrogen-bond donors (Lipinski definition) is 3. The van der Waals surface area contributed by atoms with Gasteiger partial charge in [-0.1, -0.05) is 32.6 Å². The lowest BCUT2D eigenvalue weighted by Crippen LogP contribution is -2.32. The fourth-order valence-electron chi connectivity index (χ4n) is 1.73. The number of hydrogen-bond acceptors (Lipinski definition) is 3. The minimum atomic E-state index is -0.153. The van der Waals surface area contributed by atoms with Crippen molar-refractivity contribution in [1.82, 2.24) is 15.5 Å². The highest BCUT2D eigenvalue weighted by molar-refractivity contribution is 5.98. The third-order valence-electron chi connectivity index (χ3n) is 2.78. The summed E-state index contributed by atoms with van der Waals surface area (Å²) in [5.74, 6) is 0.167. The maximum absolute atomic E-state index is 11.8. The van der Waals surface area contributed by atoms with Gasteiger partial charge in [0.1, 0.15) is 11.4 Å². The predicted octanol–water partition coefficient (Wildman–Crippen LogP) is 2.08. The lowest BCUT2D eigenvalue weighted by Gasteiger charge is -2.13. The summed E-state index contributed by atoms with van der Waals surface area (Å²) in [4.78, 5) is 11.8. The molecule has 17 heavy (non-hydrogen) atoms. The van der Waals surface area contributed by atoms with E-state index in [0.717, 1.165) is 12.8 Å². The first-order valence-electron chi connectivity index (χ1n) is 6.24. The van der Waals surface area contributed by atoms with Gasteiger partial charge < -0.3 is 11.1 Å². The van der Waals surface area contributed by atoms with Gasteiger partial charge in [0, 0.05) is 6.04 Å². The number of amides is 1. The second-order valence-electron chi connectivity index (χ2n) is 4.42. The molecule has 1 aromatic heterocycles. The number of unbranched alkanes of at least 4 members (excludes halogenated alkanes) is 3. The summed E-state index contributed by atoms with van der Waals surface area (Å²) in [6.45, 7) is 4.20. The van der Waals surface area contributed by atoms with Crippen LogP contribution < -0.4 is 11.1 Å². The second-order valence-corrected chi connectivity index (χ2v) is 4.42. The topological polar surface area (TPSA) is 83.8 Å². The van der Waals surface area contributed by atoms with Crippen LogP contribution >= 0.6 is 0 Å². The molecular weight excluding hydrogens is 216 g/mol. The van der Waals surface area contributed by atoms with E-state index in [-0.39, 0.29) is 11.9 Å². The van der Waals surface area contributed by atoms with Crippen molar-refractivity contribution in [2.45, 2.75) is 52.0 Å². The average molecular weight is 238 g/mol. The van der Waals surface area contributed by atoms with Crippen molar-refractivity contribution >= 4 is 11.7 Å². The van der Waals surface area contributed by atoms with E-state index in [1.807, 2.05) is 6.92 Å². The van der Waals surface area contributed by atoms with Crippen molar-refractivity contribution in [3.05, 3.63) is 11.8 Å². The number of carbonyl (C=O) groups excluding carboxylic acids is 1. The van der Waals surface area contributed by atoms with Crippen molar-refractivity contribution in [2.75, 3.05) is 5.73 Å². The highest BCUT2D eigenvalue weighted by atomic mass is 16.1. The number of rotatable bonds is 7. The van der Waals surface area contributed by atoms with E-state index >= 15 is 0 Å². The van der Waals surface area contributed by atoms with Crippen LogP contribution in [0.5, 0.6) is 0 Å². The fourth-order valence-corrected chi connectivity index (χ4v) is 1.73. The van der Waals surface area contributed by atoms with Crippen LogP contribution in [0.25, 0.3) is 0 Å². The lowest BCUT2D eigenvalue weighted by atomic mass is 10.1. The first kappa shape index (κ1) is 13.5. The molecule has 1 rings (SSSR count).